The Labute approximate surface area is 161 Å². The molecule has 0 bridgehead atoms. The molecule has 1 aromatic carbocycles. The molecule has 0 amide bonds. The van der Waals surface area contributed by atoms with Gasteiger partial charge in [-0.05, 0) is 44.0 Å². The standard InChI is InChI=1S/C20H30N2O5/c1-20(2,3)27-19(24)14-26-13-16-9-15(12-18(23)25-4)10-17(11-16)22-7-5-21-6-8-22/h9-11,21H,5-8,12-14H2,1-4H3. The van der Waals surface area contributed by atoms with Crippen LogP contribution in [0.2, 0.25) is 0 Å². The van der Waals surface area contributed by atoms with Gasteiger partial charge in [-0.3, -0.25) is 4.79 Å². The number of hydrogen-bond donors (Lipinski definition) is 1. The lowest BCUT2D eigenvalue weighted by molar-refractivity contribution is -0.160. The van der Waals surface area contributed by atoms with Gasteiger partial charge in [0.25, 0.3) is 0 Å². The summed E-state index contributed by atoms with van der Waals surface area (Å²) in [5.74, 6) is -0.677. The van der Waals surface area contributed by atoms with Gasteiger partial charge < -0.3 is 24.4 Å². The molecular formula is C20H30N2O5. The van der Waals surface area contributed by atoms with E-state index in [1.54, 1.807) is 0 Å². The van der Waals surface area contributed by atoms with Crippen LogP contribution in [0.4, 0.5) is 5.69 Å². The van der Waals surface area contributed by atoms with Crippen LogP contribution in [0.25, 0.3) is 0 Å². The molecule has 0 aromatic heterocycles. The van der Waals surface area contributed by atoms with Crippen molar-refractivity contribution in [1.29, 1.82) is 0 Å². The van der Waals surface area contributed by atoms with Crippen LogP contribution in [0.15, 0.2) is 18.2 Å². The van der Waals surface area contributed by atoms with E-state index in [0.29, 0.717) is 0 Å². The fraction of sp³-hybridized carbons (Fsp3) is 0.600. The summed E-state index contributed by atoms with van der Waals surface area (Å²) in [5, 5.41) is 3.33. The summed E-state index contributed by atoms with van der Waals surface area (Å²) in [6, 6.07) is 5.97. The number of nitrogens with one attached hydrogen (secondary N) is 1. The van der Waals surface area contributed by atoms with Crippen LogP contribution in [0.5, 0.6) is 0 Å². The Morgan fingerprint density at radius 3 is 2.37 bits per heavy atom. The maximum atomic E-state index is 11.8. The minimum absolute atomic E-state index is 0.110. The molecule has 1 aliphatic heterocycles. The Hall–Kier alpha value is -2.12. The highest BCUT2D eigenvalue weighted by atomic mass is 16.6. The fourth-order valence-electron chi connectivity index (χ4n) is 2.90. The maximum Gasteiger partial charge on any atom is 0.332 e. The molecule has 150 valence electrons. The molecule has 0 unspecified atom stereocenters. The number of methoxy groups -OCH3 is 1. The van der Waals surface area contributed by atoms with E-state index in [0.717, 1.165) is 43.0 Å². The van der Waals surface area contributed by atoms with Crippen LogP contribution in [-0.4, -0.2) is 57.4 Å². The van der Waals surface area contributed by atoms with Gasteiger partial charge in [-0.2, -0.15) is 0 Å². The summed E-state index contributed by atoms with van der Waals surface area (Å²) in [5.41, 5.74) is 2.30. The van der Waals surface area contributed by atoms with Gasteiger partial charge in [0.2, 0.25) is 0 Å². The average Bonchev–Trinajstić information content (AvgIpc) is 2.60. The molecule has 0 spiro atoms. The molecule has 2 rings (SSSR count). The molecule has 1 N–H and O–H groups in total. The molecule has 1 heterocycles. The zero-order valence-corrected chi connectivity index (χ0v) is 16.7. The maximum absolute atomic E-state index is 11.8. The Morgan fingerprint density at radius 2 is 1.74 bits per heavy atom. The second-order valence-corrected chi connectivity index (χ2v) is 7.58. The number of carbonyl (C=O) groups is 2. The smallest absolute Gasteiger partial charge is 0.332 e. The molecule has 7 heteroatoms. The van der Waals surface area contributed by atoms with E-state index in [1.165, 1.54) is 7.11 Å². The number of hydrogen-bond acceptors (Lipinski definition) is 7. The molecule has 27 heavy (non-hydrogen) atoms. The van der Waals surface area contributed by atoms with Crippen molar-refractivity contribution in [1.82, 2.24) is 5.32 Å². The normalized spacial score (nSPS) is 14.7. The lowest BCUT2D eigenvalue weighted by Crippen LogP contribution is -2.43. The molecule has 1 fully saturated rings. The van der Waals surface area contributed by atoms with Crippen molar-refractivity contribution in [2.24, 2.45) is 0 Å². The number of anilines is 1. The van der Waals surface area contributed by atoms with Gasteiger partial charge in [-0.15, -0.1) is 0 Å². The van der Waals surface area contributed by atoms with Gasteiger partial charge in [-0.1, -0.05) is 6.07 Å². The Balaban J connectivity index is 2.05. The van der Waals surface area contributed by atoms with Crippen LogP contribution in [0.1, 0.15) is 31.9 Å². The van der Waals surface area contributed by atoms with E-state index in [-0.39, 0.29) is 25.6 Å². The zero-order chi connectivity index (χ0) is 19.9. The van der Waals surface area contributed by atoms with Gasteiger partial charge in [0.05, 0.1) is 20.1 Å². The van der Waals surface area contributed by atoms with Crippen LogP contribution in [0.3, 0.4) is 0 Å². The van der Waals surface area contributed by atoms with Crippen molar-refractivity contribution < 1.29 is 23.8 Å². The molecule has 0 saturated carbocycles. The average molecular weight is 378 g/mol. The third kappa shape index (κ3) is 7.56. The second kappa shape index (κ2) is 9.71. The van der Waals surface area contributed by atoms with E-state index in [9.17, 15) is 9.59 Å². The summed E-state index contributed by atoms with van der Waals surface area (Å²) < 4.78 is 15.6. The summed E-state index contributed by atoms with van der Waals surface area (Å²) >= 11 is 0. The van der Waals surface area contributed by atoms with E-state index in [4.69, 9.17) is 14.2 Å². The van der Waals surface area contributed by atoms with Gasteiger partial charge in [0, 0.05) is 31.9 Å². The summed E-state index contributed by atoms with van der Waals surface area (Å²) in [4.78, 5) is 25.7. The topological polar surface area (TPSA) is 77.1 Å². The largest absolute Gasteiger partial charge is 0.469 e. The summed E-state index contributed by atoms with van der Waals surface area (Å²) in [6.07, 6.45) is 0.204. The Bertz CT molecular complexity index is 648. The van der Waals surface area contributed by atoms with Crippen LogP contribution in [0, 0.1) is 0 Å². The zero-order valence-electron chi connectivity index (χ0n) is 16.7. The quantitative estimate of drug-likeness (QED) is 0.723. The van der Waals surface area contributed by atoms with Crippen molar-refractivity contribution in [3.63, 3.8) is 0 Å². The number of ether oxygens (including phenoxy) is 3. The number of rotatable bonds is 7. The van der Waals surface area contributed by atoms with Crippen molar-refractivity contribution in [2.45, 2.75) is 39.4 Å². The molecular weight excluding hydrogens is 348 g/mol. The van der Waals surface area contributed by atoms with Crippen molar-refractivity contribution in [2.75, 3.05) is 44.8 Å². The van der Waals surface area contributed by atoms with Crippen molar-refractivity contribution in [3.8, 4) is 0 Å². The van der Waals surface area contributed by atoms with Crippen LogP contribution < -0.4 is 10.2 Å². The highest BCUT2D eigenvalue weighted by Crippen LogP contribution is 2.21. The number of carbonyl (C=O) groups excluding carboxylic acids is 2. The van der Waals surface area contributed by atoms with Crippen LogP contribution in [-0.2, 0) is 36.8 Å². The minimum atomic E-state index is -0.531. The molecule has 1 aromatic rings. The summed E-state index contributed by atoms with van der Waals surface area (Å²) in [6.45, 7) is 9.27. The first-order chi connectivity index (χ1) is 12.8. The molecule has 7 nitrogen and oxygen atoms in total. The van der Waals surface area contributed by atoms with E-state index < -0.39 is 11.6 Å². The monoisotopic (exact) mass is 378 g/mol. The highest BCUT2D eigenvalue weighted by Gasteiger charge is 2.17. The van der Waals surface area contributed by atoms with Crippen molar-refractivity contribution >= 4 is 17.6 Å². The van der Waals surface area contributed by atoms with E-state index >= 15 is 0 Å². The van der Waals surface area contributed by atoms with Gasteiger partial charge in [0.15, 0.2) is 0 Å². The van der Waals surface area contributed by atoms with E-state index in [1.807, 2.05) is 39.0 Å². The first-order valence-corrected chi connectivity index (χ1v) is 9.22. The van der Waals surface area contributed by atoms with Gasteiger partial charge in [-0.25, -0.2) is 4.79 Å². The molecule has 1 saturated heterocycles. The van der Waals surface area contributed by atoms with Gasteiger partial charge in [0.1, 0.15) is 12.2 Å². The van der Waals surface area contributed by atoms with Gasteiger partial charge >= 0.3 is 11.9 Å². The molecule has 0 radical (unpaired) electrons. The Kier molecular flexibility index (Phi) is 7.62. The lowest BCUT2D eigenvalue weighted by Gasteiger charge is -2.30. The first kappa shape index (κ1) is 21.2. The van der Waals surface area contributed by atoms with Crippen LogP contribution >= 0.6 is 0 Å². The third-order valence-corrected chi connectivity index (χ3v) is 4.00. The predicted octanol–water partition coefficient (Wildman–Crippen LogP) is 1.67. The number of piperazine rings is 1. The lowest BCUT2D eigenvalue weighted by atomic mass is 10.1. The second-order valence-electron chi connectivity index (χ2n) is 7.58. The Morgan fingerprint density at radius 1 is 1.07 bits per heavy atom. The summed E-state index contributed by atoms with van der Waals surface area (Å²) in [7, 11) is 1.38. The fourth-order valence-corrected chi connectivity index (χ4v) is 2.90. The third-order valence-electron chi connectivity index (χ3n) is 4.00. The van der Waals surface area contributed by atoms with E-state index in [2.05, 4.69) is 10.2 Å². The highest BCUT2D eigenvalue weighted by molar-refractivity contribution is 5.73. The molecule has 0 atom stereocenters. The molecule has 0 aliphatic carbocycles. The number of benzene rings is 1. The molecule has 1 aliphatic rings. The minimum Gasteiger partial charge on any atom is -0.469 e. The number of nitrogens with zero attached hydrogens (tertiary/aromatic N) is 1. The number of esters is 2. The predicted molar refractivity (Wildman–Crippen MR) is 103 cm³/mol. The van der Waals surface area contributed by atoms with Crippen molar-refractivity contribution in [3.05, 3.63) is 29.3 Å². The SMILES string of the molecule is COC(=O)Cc1cc(COCC(=O)OC(C)(C)C)cc(N2CCNCC2)c1. The first-order valence-electron chi connectivity index (χ1n) is 9.22.